The standard InChI is InChI=1S/C15H24N2O3/c1-5-6-10-7-11(8-16)17(4)13(10)14(18)12-9-19-15(2,3)20-12/h5-6,10-14,18H,7,9H2,1-4H3/b6-5-. The van der Waals surface area contributed by atoms with E-state index in [-0.39, 0.29) is 24.1 Å². The Morgan fingerprint density at radius 3 is 2.70 bits per heavy atom. The van der Waals surface area contributed by atoms with Crippen LogP contribution < -0.4 is 0 Å². The summed E-state index contributed by atoms with van der Waals surface area (Å²) in [7, 11) is 1.90. The molecule has 1 N–H and O–H groups in total. The second-order valence-corrected chi connectivity index (χ2v) is 6.08. The highest BCUT2D eigenvalue weighted by Gasteiger charge is 2.47. The summed E-state index contributed by atoms with van der Waals surface area (Å²) in [5.74, 6) is -0.481. The van der Waals surface area contributed by atoms with E-state index in [0.29, 0.717) is 6.61 Å². The van der Waals surface area contributed by atoms with Crippen molar-refractivity contribution in [3.63, 3.8) is 0 Å². The molecule has 5 unspecified atom stereocenters. The molecule has 0 aromatic rings. The predicted molar refractivity (Wildman–Crippen MR) is 74.8 cm³/mol. The highest BCUT2D eigenvalue weighted by Crippen LogP contribution is 2.35. The minimum absolute atomic E-state index is 0.113. The maximum absolute atomic E-state index is 10.7. The molecule has 0 aliphatic carbocycles. The Labute approximate surface area is 120 Å². The molecule has 0 aromatic carbocycles. The van der Waals surface area contributed by atoms with Gasteiger partial charge in [0, 0.05) is 6.04 Å². The maximum Gasteiger partial charge on any atom is 0.163 e. The second-order valence-electron chi connectivity index (χ2n) is 6.08. The number of rotatable bonds is 3. The molecule has 2 saturated heterocycles. The van der Waals surface area contributed by atoms with Gasteiger partial charge in [0.05, 0.1) is 24.8 Å². The van der Waals surface area contributed by atoms with Crippen molar-refractivity contribution in [1.82, 2.24) is 4.90 Å². The third kappa shape index (κ3) is 2.89. The fourth-order valence-corrected chi connectivity index (χ4v) is 3.25. The molecule has 2 fully saturated rings. The lowest BCUT2D eigenvalue weighted by Gasteiger charge is -2.32. The van der Waals surface area contributed by atoms with Crippen molar-refractivity contribution in [2.45, 2.75) is 57.3 Å². The van der Waals surface area contributed by atoms with Gasteiger partial charge in [-0.25, -0.2) is 0 Å². The normalized spacial score (nSPS) is 39.2. The van der Waals surface area contributed by atoms with E-state index in [0.717, 1.165) is 6.42 Å². The quantitative estimate of drug-likeness (QED) is 0.789. The molecule has 20 heavy (non-hydrogen) atoms. The van der Waals surface area contributed by atoms with Crippen LogP contribution >= 0.6 is 0 Å². The van der Waals surface area contributed by atoms with Crippen molar-refractivity contribution in [3.8, 4) is 6.07 Å². The molecule has 2 rings (SSSR count). The fraction of sp³-hybridized carbons (Fsp3) is 0.800. The molecule has 112 valence electrons. The van der Waals surface area contributed by atoms with Gasteiger partial charge in [0.25, 0.3) is 0 Å². The lowest BCUT2D eigenvalue weighted by atomic mass is 9.92. The van der Waals surface area contributed by atoms with Crippen LogP contribution in [0.15, 0.2) is 12.2 Å². The van der Waals surface area contributed by atoms with Crippen LogP contribution in [0.1, 0.15) is 27.2 Å². The van der Waals surface area contributed by atoms with Crippen LogP contribution in [0.5, 0.6) is 0 Å². The molecule has 2 heterocycles. The molecule has 0 radical (unpaired) electrons. The number of likely N-dealkylation sites (tertiary alicyclic amines) is 1. The molecule has 0 saturated carbocycles. The van der Waals surface area contributed by atoms with Gasteiger partial charge in [-0.3, -0.25) is 4.90 Å². The molecule has 0 amide bonds. The molecular weight excluding hydrogens is 256 g/mol. The summed E-state index contributed by atoms with van der Waals surface area (Å²) in [6.07, 6.45) is 3.79. The molecule has 0 bridgehead atoms. The molecule has 5 heteroatoms. The Kier molecular flexibility index (Phi) is 4.50. The number of aliphatic hydroxyl groups excluding tert-OH is 1. The first-order valence-corrected chi connectivity index (χ1v) is 7.14. The maximum atomic E-state index is 10.7. The van der Waals surface area contributed by atoms with E-state index < -0.39 is 11.9 Å². The first-order chi connectivity index (χ1) is 9.39. The number of nitriles is 1. The van der Waals surface area contributed by atoms with E-state index in [1.165, 1.54) is 0 Å². The number of hydrogen-bond acceptors (Lipinski definition) is 5. The van der Waals surface area contributed by atoms with Crippen LogP contribution in [-0.2, 0) is 9.47 Å². The van der Waals surface area contributed by atoms with Crippen molar-refractivity contribution < 1.29 is 14.6 Å². The van der Waals surface area contributed by atoms with E-state index in [9.17, 15) is 10.4 Å². The third-order valence-electron chi connectivity index (χ3n) is 4.25. The second kappa shape index (κ2) is 5.82. The molecule has 2 aliphatic rings. The average molecular weight is 280 g/mol. The van der Waals surface area contributed by atoms with Crippen molar-refractivity contribution in [2.75, 3.05) is 13.7 Å². The molecule has 0 spiro atoms. The van der Waals surface area contributed by atoms with Gasteiger partial charge >= 0.3 is 0 Å². The van der Waals surface area contributed by atoms with Gasteiger partial charge in [-0.15, -0.1) is 0 Å². The van der Waals surface area contributed by atoms with E-state index in [1.807, 2.05) is 38.8 Å². The van der Waals surface area contributed by atoms with Gasteiger partial charge in [0.1, 0.15) is 6.10 Å². The highest BCUT2D eigenvalue weighted by molar-refractivity contribution is 5.11. The number of nitrogens with zero attached hydrogens (tertiary/aromatic N) is 2. The molecule has 2 aliphatic heterocycles. The summed E-state index contributed by atoms with van der Waals surface area (Å²) < 4.78 is 11.3. The Morgan fingerprint density at radius 2 is 2.20 bits per heavy atom. The smallest absolute Gasteiger partial charge is 0.163 e. The minimum atomic E-state index is -0.665. The number of allylic oxidation sites excluding steroid dienone is 1. The van der Waals surface area contributed by atoms with E-state index >= 15 is 0 Å². The van der Waals surface area contributed by atoms with Gasteiger partial charge in [0.2, 0.25) is 0 Å². The largest absolute Gasteiger partial charge is 0.389 e. The monoisotopic (exact) mass is 280 g/mol. The summed E-state index contributed by atoms with van der Waals surface area (Å²) in [5, 5.41) is 19.9. The Balaban J connectivity index is 2.14. The number of hydrogen-bond donors (Lipinski definition) is 1. The number of ether oxygens (including phenoxy) is 2. The minimum Gasteiger partial charge on any atom is -0.389 e. The van der Waals surface area contributed by atoms with Crippen LogP contribution in [0, 0.1) is 17.2 Å². The van der Waals surface area contributed by atoms with E-state index in [4.69, 9.17) is 9.47 Å². The van der Waals surface area contributed by atoms with Crippen molar-refractivity contribution in [2.24, 2.45) is 5.92 Å². The zero-order valence-corrected chi connectivity index (χ0v) is 12.6. The Hall–Kier alpha value is -0.930. The summed E-state index contributed by atoms with van der Waals surface area (Å²) in [5.41, 5.74) is 0. The topological polar surface area (TPSA) is 65.7 Å². The Morgan fingerprint density at radius 1 is 1.50 bits per heavy atom. The lowest BCUT2D eigenvalue weighted by Crippen LogP contribution is -2.49. The fourth-order valence-electron chi connectivity index (χ4n) is 3.25. The van der Waals surface area contributed by atoms with Crippen LogP contribution in [0.3, 0.4) is 0 Å². The molecule has 5 nitrogen and oxygen atoms in total. The van der Waals surface area contributed by atoms with Crippen LogP contribution in [-0.4, -0.2) is 53.7 Å². The summed E-state index contributed by atoms with van der Waals surface area (Å²) in [6.45, 7) is 6.04. The van der Waals surface area contributed by atoms with Crippen molar-refractivity contribution in [1.29, 1.82) is 5.26 Å². The highest BCUT2D eigenvalue weighted by atomic mass is 16.7. The first kappa shape index (κ1) is 15.5. The zero-order chi connectivity index (χ0) is 14.9. The molecule has 0 aromatic heterocycles. The van der Waals surface area contributed by atoms with Gasteiger partial charge in [-0.05, 0) is 40.2 Å². The predicted octanol–water partition coefficient (Wildman–Crippen LogP) is 1.29. The van der Waals surface area contributed by atoms with Crippen LogP contribution in [0.25, 0.3) is 0 Å². The number of aliphatic hydroxyl groups is 1. The van der Waals surface area contributed by atoms with Gasteiger partial charge in [-0.2, -0.15) is 5.26 Å². The molecular formula is C15H24N2O3. The average Bonchev–Trinajstić information content (AvgIpc) is 2.90. The van der Waals surface area contributed by atoms with Crippen LogP contribution in [0.4, 0.5) is 0 Å². The third-order valence-corrected chi connectivity index (χ3v) is 4.25. The van der Waals surface area contributed by atoms with E-state index in [2.05, 4.69) is 12.1 Å². The zero-order valence-electron chi connectivity index (χ0n) is 12.6. The van der Waals surface area contributed by atoms with Gasteiger partial charge in [0.15, 0.2) is 5.79 Å². The lowest BCUT2D eigenvalue weighted by molar-refractivity contribution is -0.156. The van der Waals surface area contributed by atoms with Crippen molar-refractivity contribution >= 4 is 0 Å². The summed E-state index contributed by atoms with van der Waals surface area (Å²) >= 11 is 0. The van der Waals surface area contributed by atoms with Crippen LogP contribution in [0.2, 0.25) is 0 Å². The molecule has 5 atom stereocenters. The summed E-state index contributed by atoms with van der Waals surface area (Å²) in [4.78, 5) is 1.96. The first-order valence-electron chi connectivity index (χ1n) is 7.14. The van der Waals surface area contributed by atoms with Gasteiger partial charge in [-0.1, -0.05) is 12.2 Å². The van der Waals surface area contributed by atoms with Gasteiger partial charge < -0.3 is 14.6 Å². The summed E-state index contributed by atoms with van der Waals surface area (Å²) in [6, 6.07) is 2.03. The number of likely N-dealkylation sites (N-methyl/N-ethyl adjacent to an activating group) is 1. The van der Waals surface area contributed by atoms with Crippen molar-refractivity contribution in [3.05, 3.63) is 12.2 Å². The van der Waals surface area contributed by atoms with E-state index in [1.54, 1.807) is 0 Å². The Bertz CT molecular complexity index is 416. The SMILES string of the molecule is C/C=C\C1CC(C#N)N(C)C1C(O)C1COC(C)(C)O1.